The van der Waals surface area contributed by atoms with E-state index >= 15 is 0 Å². The van der Waals surface area contributed by atoms with Crippen molar-refractivity contribution in [3.8, 4) is 10.4 Å². The largest absolute Gasteiger partial charge is 0.480 e. The fourth-order valence-electron chi connectivity index (χ4n) is 3.86. The lowest BCUT2D eigenvalue weighted by atomic mass is 9.90. The van der Waals surface area contributed by atoms with E-state index < -0.39 is 18.1 Å². The molecule has 2 amide bonds. The van der Waals surface area contributed by atoms with Crippen LogP contribution in [0.15, 0.2) is 41.8 Å². The third kappa shape index (κ3) is 10.2. The Balaban J connectivity index is 2.05. The maximum Gasteiger partial charge on any atom is 0.326 e. The Labute approximate surface area is 227 Å². The monoisotopic (exact) mass is 551 g/mol. The van der Waals surface area contributed by atoms with Gasteiger partial charge in [0, 0.05) is 23.1 Å². The van der Waals surface area contributed by atoms with Crippen molar-refractivity contribution in [2.45, 2.75) is 50.6 Å². The molecular formula is C26H37N3O4S3. The Morgan fingerprint density at radius 3 is 2.53 bits per heavy atom. The second kappa shape index (κ2) is 16.7. The normalized spacial score (nSPS) is 13.5. The number of rotatable bonds is 17. The summed E-state index contributed by atoms with van der Waals surface area (Å²) < 4.78 is 0. The molecule has 0 aliphatic carbocycles. The molecule has 2 rings (SSSR count). The fraction of sp³-hybridized carbons (Fsp3) is 0.500. The molecule has 0 saturated carbocycles. The summed E-state index contributed by atoms with van der Waals surface area (Å²) in [5.74, 6) is -0.843. The van der Waals surface area contributed by atoms with Gasteiger partial charge in [-0.15, -0.1) is 11.3 Å². The van der Waals surface area contributed by atoms with Gasteiger partial charge in [-0.1, -0.05) is 43.2 Å². The summed E-state index contributed by atoms with van der Waals surface area (Å²) in [7, 11) is 0. The third-order valence-corrected chi connectivity index (χ3v) is 7.87. The van der Waals surface area contributed by atoms with Crippen molar-refractivity contribution in [3.05, 3.63) is 47.3 Å². The van der Waals surface area contributed by atoms with Crippen molar-refractivity contribution < 1.29 is 19.5 Å². The summed E-state index contributed by atoms with van der Waals surface area (Å²) in [4.78, 5) is 37.9. The second-order valence-corrected chi connectivity index (χ2v) is 10.9. The minimum Gasteiger partial charge on any atom is -0.480 e. The number of thiophene rings is 1. The number of aliphatic carboxylic acids is 1. The standard InChI is InChI=1S/C26H37N3O4S3/c1-35-15-12-22(26(32)33)29-24(30)19(9-3-2-6-13-28-25(31)21(27)17-34)16-18-8-4-5-10-20(18)23-11-7-14-36-23/h4-5,7-8,10-11,14,19,21-22,34H,2-3,6,9,12-13,15-17,27H2,1H3,(H,28,31)(H,29,30)(H,32,33). The maximum atomic E-state index is 13.3. The predicted molar refractivity (Wildman–Crippen MR) is 153 cm³/mol. The average molecular weight is 552 g/mol. The first-order chi connectivity index (χ1) is 17.4. The fourth-order valence-corrected chi connectivity index (χ4v) is 5.29. The molecule has 36 heavy (non-hydrogen) atoms. The SMILES string of the molecule is CSCCC(NC(=O)C(CCCCCNC(=O)C(N)CS)Cc1ccccc1-c1cccs1)C(=O)O. The van der Waals surface area contributed by atoms with Crippen molar-refractivity contribution in [1.82, 2.24) is 10.6 Å². The second-order valence-electron chi connectivity index (χ2n) is 8.65. The van der Waals surface area contributed by atoms with Gasteiger partial charge in [0.25, 0.3) is 0 Å². The number of carboxylic acid groups (broad SMARTS) is 1. The van der Waals surface area contributed by atoms with Crippen LogP contribution >= 0.6 is 35.7 Å². The summed E-state index contributed by atoms with van der Waals surface area (Å²) in [5.41, 5.74) is 7.84. The van der Waals surface area contributed by atoms with Crippen molar-refractivity contribution in [1.29, 1.82) is 0 Å². The van der Waals surface area contributed by atoms with E-state index in [-0.39, 0.29) is 17.7 Å². The summed E-state index contributed by atoms with van der Waals surface area (Å²) in [6.07, 6.45) is 5.86. The van der Waals surface area contributed by atoms with Crippen LogP contribution in [0.5, 0.6) is 0 Å². The number of carboxylic acids is 1. The van der Waals surface area contributed by atoms with Crippen LogP contribution in [0.2, 0.25) is 0 Å². The number of nitrogens with two attached hydrogens (primary N) is 1. The van der Waals surface area contributed by atoms with Gasteiger partial charge >= 0.3 is 5.97 Å². The zero-order valence-corrected chi connectivity index (χ0v) is 23.2. The van der Waals surface area contributed by atoms with E-state index in [4.69, 9.17) is 5.73 Å². The molecule has 10 heteroatoms. The van der Waals surface area contributed by atoms with Gasteiger partial charge in [-0.25, -0.2) is 4.79 Å². The molecule has 0 bridgehead atoms. The molecule has 5 N–H and O–H groups in total. The number of thioether (sulfide) groups is 1. The minimum absolute atomic E-state index is 0.211. The molecule has 198 valence electrons. The molecule has 0 fully saturated rings. The first-order valence-electron chi connectivity index (χ1n) is 12.1. The molecule has 1 aromatic heterocycles. The maximum absolute atomic E-state index is 13.3. The van der Waals surface area contributed by atoms with Gasteiger partial charge in [-0.2, -0.15) is 24.4 Å². The lowest BCUT2D eigenvalue weighted by Crippen LogP contribution is -2.44. The zero-order chi connectivity index (χ0) is 26.3. The molecule has 0 aliphatic rings. The van der Waals surface area contributed by atoms with Crippen molar-refractivity contribution in [2.75, 3.05) is 24.3 Å². The lowest BCUT2D eigenvalue weighted by Gasteiger charge is -2.21. The molecule has 7 nitrogen and oxygen atoms in total. The van der Waals surface area contributed by atoms with Crippen LogP contribution in [-0.2, 0) is 20.8 Å². The van der Waals surface area contributed by atoms with Gasteiger partial charge in [-0.05, 0) is 60.3 Å². The van der Waals surface area contributed by atoms with Gasteiger partial charge < -0.3 is 21.5 Å². The summed E-state index contributed by atoms with van der Waals surface area (Å²) in [6, 6.07) is 10.6. The van der Waals surface area contributed by atoms with Gasteiger partial charge in [0.1, 0.15) is 6.04 Å². The average Bonchev–Trinajstić information content (AvgIpc) is 3.41. The number of unbranched alkanes of at least 4 members (excludes halogenated alkanes) is 2. The Bertz CT molecular complexity index is 956. The molecule has 3 unspecified atom stereocenters. The number of hydrogen-bond acceptors (Lipinski definition) is 7. The van der Waals surface area contributed by atoms with E-state index in [9.17, 15) is 19.5 Å². The van der Waals surface area contributed by atoms with Gasteiger partial charge in [0.15, 0.2) is 0 Å². The molecule has 2 aromatic rings. The highest BCUT2D eigenvalue weighted by Gasteiger charge is 2.26. The summed E-state index contributed by atoms with van der Waals surface area (Å²) in [6.45, 7) is 0.522. The Morgan fingerprint density at radius 2 is 1.86 bits per heavy atom. The van der Waals surface area contributed by atoms with E-state index in [1.807, 2.05) is 35.9 Å². The number of carbonyl (C=O) groups is 3. The van der Waals surface area contributed by atoms with Gasteiger partial charge in [0.05, 0.1) is 6.04 Å². The van der Waals surface area contributed by atoms with Crippen molar-refractivity contribution >= 4 is 53.5 Å². The zero-order valence-electron chi connectivity index (χ0n) is 20.7. The van der Waals surface area contributed by atoms with E-state index in [1.54, 1.807) is 23.1 Å². The highest BCUT2D eigenvalue weighted by Crippen LogP contribution is 2.30. The van der Waals surface area contributed by atoms with Crippen molar-refractivity contribution in [2.24, 2.45) is 11.7 Å². The first-order valence-corrected chi connectivity index (χ1v) is 15.1. The van der Waals surface area contributed by atoms with Crippen LogP contribution in [0.25, 0.3) is 10.4 Å². The smallest absolute Gasteiger partial charge is 0.326 e. The number of carbonyl (C=O) groups excluding carboxylic acids is 2. The van der Waals surface area contributed by atoms with Crippen LogP contribution in [0.4, 0.5) is 0 Å². The van der Waals surface area contributed by atoms with E-state index in [1.165, 1.54) is 0 Å². The van der Waals surface area contributed by atoms with Crippen LogP contribution in [0.3, 0.4) is 0 Å². The number of nitrogens with one attached hydrogen (secondary N) is 2. The van der Waals surface area contributed by atoms with Crippen LogP contribution in [-0.4, -0.2) is 59.3 Å². The number of amides is 2. The molecule has 0 radical (unpaired) electrons. The van der Waals surface area contributed by atoms with E-state index in [0.717, 1.165) is 35.3 Å². The Hall–Kier alpha value is -2.01. The Kier molecular flexibility index (Phi) is 14.0. The molecule has 1 heterocycles. The molecule has 0 aliphatic heterocycles. The van der Waals surface area contributed by atoms with Crippen LogP contribution in [0.1, 0.15) is 37.7 Å². The minimum atomic E-state index is -1.01. The molecule has 3 atom stereocenters. The van der Waals surface area contributed by atoms with E-state index in [0.29, 0.717) is 37.3 Å². The summed E-state index contributed by atoms with van der Waals surface area (Å²) in [5, 5.41) is 17.2. The van der Waals surface area contributed by atoms with Crippen LogP contribution < -0.4 is 16.4 Å². The number of thiol groups is 1. The molecule has 0 saturated heterocycles. The number of benzene rings is 1. The molecular weight excluding hydrogens is 515 g/mol. The number of hydrogen-bond donors (Lipinski definition) is 5. The van der Waals surface area contributed by atoms with Gasteiger partial charge in [0.2, 0.25) is 11.8 Å². The predicted octanol–water partition coefficient (Wildman–Crippen LogP) is 3.83. The van der Waals surface area contributed by atoms with Gasteiger partial charge in [-0.3, -0.25) is 9.59 Å². The molecule has 0 spiro atoms. The quantitative estimate of drug-likeness (QED) is 0.151. The van der Waals surface area contributed by atoms with Crippen LogP contribution in [0, 0.1) is 5.92 Å². The Morgan fingerprint density at radius 1 is 1.08 bits per heavy atom. The van der Waals surface area contributed by atoms with Crippen molar-refractivity contribution in [3.63, 3.8) is 0 Å². The highest BCUT2D eigenvalue weighted by atomic mass is 32.2. The first kappa shape index (κ1) is 30.2. The highest BCUT2D eigenvalue weighted by molar-refractivity contribution is 7.98. The molecule has 1 aromatic carbocycles. The lowest BCUT2D eigenvalue weighted by molar-refractivity contribution is -0.142. The van der Waals surface area contributed by atoms with E-state index in [2.05, 4.69) is 35.4 Å². The topological polar surface area (TPSA) is 122 Å². The summed E-state index contributed by atoms with van der Waals surface area (Å²) >= 11 is 7.25. The third-order valence-electron chi connectivity index (χ3n) is 5.93.